The molecule has 33 heavy (non-hydrogen) atoms. The molecule has 1 atom stereocenters. The maximum absolute atomic E-state index is 13.3. The van der Waals surface area contributed by atoms with Crippen molar-refractivity contribution in [3.63, 3.8) is 0 Å². The first kappa shape index (κ1) is 25.0. The Morgan fingerprint density at radius 3 is 2.45 bits per heavy atom. The molecule has 0 aliphatic carbocycles. The van der Waals surface area contributed by atoms with Gasteiger partial charge >= 0.3 is 0 Å². The zero-order chi connectivity index (χ0) is 24.1. The molecular formula is C22H22Cl2FN5O2S. The molecular weight excluding hydrogens is 488 g/mol. The monoisotopic (exact) mass is 509 g/mol. The van der Waals surface area contributed by atoms with Crippen LogP contribution in [0.3, 0.4) is 0 Å². The second-order valence-electron chi connectivity index (χ2n) is 7.57. The minimum Gasteiger partial charge on any atom is -0.342 e. The molecule has 7 nitrogen and oxygen atoms in total. The summed E-state index contributed by atoms with van der Waals surface area (Å²) in [5.41, 5.74) is 0.884. The highest BCUT2D eigenvalue weighted by Crippen LogP contribution is 2.25. The molecule has 3 aromatic rings. The second-order valence-corrected chi connectivity index (χ2v) is 9.35. The predicted octanol–water partition coefficient (Wildman–Crippen LogP) is 5.12. The van der Waals surface area contributed by atoms with Crippen LogP contribution in [0.2, 0.25) is 10.0 Å². The van der Waals surface area contributed by atoms with Crippen LogP contribution in [-0.4, -0.2) is 32.3 Å². The van der Waals surface area contributed by atoms with Crippen LogP contribution < -0.4 is 10.6 Å². The number of anilines is 1. The molecule has 0 aliphatic heterocycles. The van der Waals surface area contributed by atoms with Crippen molar-refractivity contribution in [2.75, 3.05) is 11.1 Å². The van der Waals surface area contributed by atoms with Gasteiger partial charge in [-0.1, -0.05) is 48.8 Å². The number of rotatable bonds is 8. The van der Waals surface area contributed by atoms with Gasteiger partial charge in [0.1, 0.15) is 5.82 Å². The van der Waals surface area contributed by atoms with E-state index >= 15 is 0 Å². The lowest BCUT2D eigenvalue weighted by molar-refractivity contribution is -0.113. The maximum atomic E-state index is 13.3. The predicted molar refractivity (Wildman–Crippen MR) is 128 cm³/mol. The molecule has 174 valence electrons. The van der Waals surface area contributed by atoms with Gasteiger partial charge in [-0.05, 0) is 48.4 Å². The van der Waals surface area contributed by atoms with Gasteiger partial charge in [0.25, 0.3) is 5.91 Å². The molecule has 0 spiro atoms. The molecule has 0 saturated carbocycles. The van der Waals surface area contributed by atoms with E-state index in [9.17, 15) is 14.0 Å². The summed E-state index contributed by atoms with van der Waals surface area (Å²) < 4.78 is 15.0. The van der Waals surface area contributed by atoms with E-state index in [1.165, 1.54) is 30.0 Å². The van der Waals surface area contributed by atoms with Crippen molar-refractivity contribution in [2.45, 2.75) is 25.0 Å². The minimum absolute atomic E-state index is 0.0357. The van der Waals surface area contributed by atoms with Crippen LogP contribution in [0.25, 0.3) is 0 Å². The van der Waals surface area contributed by atoms with E-state index in [1.807, 2.05) is 13.8 Å². The van der Waals surface area contributed by atoms with Gasteiger partial charge in [0.2, 0.25) is 5.91 Å². The number of hydrogen-bond acceptors (Lipinski definition) is 5. The highest BCUT2D eigenvalue weighted by molar-refractivity contribution is 7.99. The van der Waals surface area contributed by atoms with E-state index < -0.39 is 11.9 Å². The number of carbonyl (C=O) groups is 2. The lowest BCUT2D eigenvalue weighted by Crippen LogP contribution is -2.33. The number of benzene rings is 2. The third-order valence-electron chi connectivity index (χ3n) is 4.74. The van der Waals surface area contributed by atoms with Gasteiger partial charge in [0.15, 0.2) is 11.0 Å². The SMILES string of the molecule is CC(C)[C@@H](NC(=O)c1ccc(Cl)cc1)c1nnc(SCC(=O)Nc2ccc(F)c(Cl)c2)n1C. The van der Waals surface area contributed by atoms with Crippen molar-refractivity contribution in [3.8, 4) is 0 Å². The van der Waals surface area contributed by atoms with Crippen LogP contribution in [0.5, 0.6) is 0 Å². The Balaban J connectivity index is 1.65. The summed E-state index contributed by atoms with van der Waals surface area (Å²) in [6, 6.07) is 10.2. The molecule has 3 rings (SSSR count). The highest BCUT2D eigenvalue weighted by atomic mass is 35.5. The largest absolute Gasteiger partial charge is 0.342 e. The maximum Gasteiger partial charge on any atom is 0.251 e. The molecule has 1 heterocycles. The summed E-state index contributed by atoms with van der Waals surface area (Å²) in [6.07, 6.45) is 0. The standard InChI is InChI=1S/C22H22Cl2FN5O2S/c1-12(2)19(27-21(32)13-4-6-14(23)7-5-13)20-28-29-22(30(20)3)33-11-18(31)26-15-8-9-17(25)16(24)10-15/h4-10,12,19H,11H2,1-3H3,(H,26,31)(H,27,32)/t19-/m1/s1. The van der Waals surface area contributed by atoms with Gasteiger partial charge in [-0.3, -0.25) is 9.59 Å². The van der Waals surface area contributed by atoms with E-state index in [4.69, 9.17) is 23.2 Å². The lowest BCUT2D eigenvalue weighted by Gasteiger charge is -2.21. The zero-order valence-corrected chi connectivity index (χ0v) is 20.4. The summed E-state index contributed by atoms with van der Waals surface area (Å²) in [5, 5.41) is 15.1. The van der Waals surface area contributed by atoms with E-state index in [0.717, 1.165) is 0 Å². The van der Waals surface area contributed by atoms with Crippen molar-refractivity contribution in [2.24, 2.45) is 13.0 Å². The van der Waals surface area contributed by atoms with Gasteiger partial charge < -0.3 is 15.2 Å². The zero-order valence-electron chi connectivity index (χ0n) is 18.1. The van der Waals surface area contributed by atoms with E-state index in [2.05, 4.69) is 20.8 Å². The van der Waals surface area contributed by atoms with Crippen LogP contribution in [0, 0.1) is 11.7 Å². The van der Waals surface area contributed by atoms with Gasteiger partial charge in [0, 0.05) is 23.3 Å². The first-order valence-electron chi connectivity index (χ1n) is 9.99. The summed E-state index contributed by atoms with van der Waals surface area (Å²) >= 11 is 12.8. The Kier molecular flexibility index (Phi) is 8.34. The quantitative estimate of drug-likeness (QED) is 0.411. The van der Waals surface area contributed by atoms with E-state index in [-0.39, 0.29) is 28.5 Å². The highest BCUT2D eigenvalue weighted by Gasteiger charge is 2.25. The Labute approximate surface area is 205 Å². The molecule has 2 aromatic carbocycles. The number of amides is 2. The molecule has 0 saturated heterocycles. The molecule has 11 heteroatoms. The normalized spacial score (nSPS) is 12.0. The van der Waals surface area contributed by atoms with Crippen molar-refractivity contribution in [1.82, 2.24) is 20.1 Å². The summed E-state index contributed by atoms with van der Waals surface area (Å²) in [4.78, 5) is 25.0. The van der Waals surface area contributed by atoms with Crippen LogP contribution in [0.4, 0.5) is 10.1 Å². The van der Waals surface area contributed by atoms with Crippen molar-refractivity contribution >= 4 is 52.5 Å². The molecule has 0 bridgehead atoms. The van der Waals surface area contributed by atoms with Gasteiger partial charge in [-0.25, -0.2) is 4.39 Å². The lowest BCUT2D eigenvalue weighted by atomic mass is 10.0. The fourth-order valence-electron chi connectivity index (χ4n) is 2.98. The van der Waals surface area contributed by atoms with E-state index in [1.54, 1.807) is 35.9 Å². The minimum atomic E-state index is -0.557. The summed E-state index contributed by atoms with van der Waals surface area (Å²) in [7, 11) is 1.78. The van der Waals surface area contributed by atoms with Crippen LogP contribution in [-0.2, 0) is 11.8 Å². The Morgan fingerprint density at radius 2 is 1.82 bits per heavy atom. The number of carbonyl (C=O) groups excluding carboxylic acids is 2. The van der Waals surface area contributed by atoms with Crippen molar-refractivity contribution in [1.29, 1.82) is 0 Å². The van der Waals surface area contributed by atoms with Gasteiger partial charge in [-0.15, -0.1) is 10.2 Å². The number of nitrogens with zero attached hydrogens (tertiary/aromatic N) is 3. The van der Waals surface area contributed by atoms with Crippen LogP contribution in [0.1, 0.15) is 36.1 Å². The Bertz CT molecular complexity index is 1150. The van der Waals surface area contributed by atoms with E-state index in [0.29, 0.717) is 27.3 Å². The van der Waals surface area contributed by atoms with Gasteiger partial charge in [0.05, 0.1) is 16.8 Å². The molecule has 0 radical (unpaired) electrons. The first-order valence-corrected chi connectivity index (χ1v) is 11.7. The third-order valence-corrected chi connectivity index (χ3v) is 6.30. The van der Waals surface area contributed by atoms with Crippen molar-refractivity contribution in [3.05, 3.63) is 69.7 Å². The fourth-order valence-corrected chi connectivity index (χ4v) is 4.00. The van der Waals surface area contributed by atoms with Crippen LogP contribution in [0.15, 0.2) is 47.6 Å². The number of hydrogen-bond donors (Lipinski definition) is 2. The number of aromatic nitrogens is 3. The van der Waals surface area contributed by atoms with Crippen LogP contribution >= 0.6 is 35.0 Å². The molecule has 0 fully saturated rings. The number of halogens is 3. The third kappa shape index (κ3) is 6.46. The second kappa shape index (κ2) is 11.0. The molecule has 1 aromatic heterocycles. The molecule has 0 unspecified atom stereocenters. The Hall–Kier alpha value is -2.62. The molecule has 2 amide bonds. The molecule has 2 N–H and O–H groups in total. The number of nitrogens with one attached hydrogen (secondary N) is 2. The molecule has 0 aliphatic rings. The number of thioether (sulfide) groups is 1. The first-order chi connectivity index (χ1) is 15.7. The fraction of sp³-hybridized carbons (Fsp3) is 0.273. The summed E-state index contributed by atoms with van der Waals surface area (Å²) in [6.45, 7) is 3.94. The van der Waals surface area contributed by atoms with Crippen molar-refractivity contribution < 1.29 is 14.0 Å². The topological polar surface area (TPSA) is 88.9 Å². The smallest absolute Gasteiger partial charge is 0.251 e. The Morgan fingerprint density at radius 1 is 1.12 bits per heavy atom. The average molecular weight is 510 g/mol. The van der Waals surface area contributed by atoms with Gasteiger partial charge in [-0.2, -0.15) is 0 Å². The average Bonchev–Trinajstić information content (AvgIpc) is 3.13. The summed E-state index contributed by atoms with van der Waals surface area (Å²) in [5.74, 6) is -0.444.